The van der Waals surface area contributed by atoms with E-state index in [4.69, 9.17) is 9.47 Å². The molecule has 0 radical (unpaired) electrons. The largest absolute Gasteiger partial charge is 0.508 e. The molecule has 0 fully saturated rings. The second-order valence-corrected chi connectivity index (χ2v) is 7.80. The van der Waals surface area contributed by atoms with Crippen molar-refractivity contribution in [3.63, 3.8) is 0 Å². The van der Waals surface area contributed by atoms with Crippen molar-refractivity contribution >= 4 is 28.9 Å². The van der Waals surface area contributed by atoms with Crippen molar-refractivity contribution in [3.8, 4) is 23.0 Å². The van der Waals surface area contributed by atoms with Gasteiger partial charge in [0.05, 0.1) is 13.0 Å². The van der Waals surface area contributed by atoms with E-state index in [-0.39, 0.29) is 17.5 Å². The Balaban J connectivity index is 1.42. The van der Waals surface area contributed by atoms with Crippen molar-refractivity contribution in [1.82, 2.24) is 0 Å². The van der Waals surface area contributed by atoms with Crippen LogP contribution in [0, 0.1) is 0 Å². The molecule has 0 aliphatic heterocycles. The van der Waals surface area contributed by atoms with Crippen molar-refractivity contribution < 1.29 is 24.5 Å². The maximum atomic E-state index is 12.7. The van der Waals surface area contributed by atoms with E-state index < -0.39 is 5.92 Å². The lowest BCUT2D eigenvalue weighted by Gasteiger charge is -2.13. The van der Waals surface area contributed by atoms with Gasteiger partial charge in [0.2, 0.25) is 0 Å². The van der Waals surface area contributed by atoms with Gasteiger partial charge in [0.25, 0.3) is 0 Å². The molecular weight excluding hydrogens is 416 g/mol. The van der Waals surface area contributed by atoms with Gasteiger partial charge in [-0.2, -0.15) is 0 Å². The smallest absolute Gasteiger partial charge is 0.318 e. The maximum absolute atomic E-state index is 12.7. The first-order chi connectivity index (χ1) is 15.9. The number of hydrogen-bond acceptors (Lipinski definition) is 5. The van der Waals surface area contributed by atoms with E-state index in [1.165, 1.54) is 6.07 Å². The van der Waals surface area contributed by atoms with Crippen molar-refractivity contribution in [2.45, 2.75) is 12.8 Å². The number of methoxy groups -OCH3 is 1. The molecule has 0 heterocycles. The third-order valence-corrected chi connectivity index (χ3v) is 5.42. The van der Waals surface area contributed by atoms with Gasteiger partial charge in [-0.3, -0.25) is 4.79 Å². The van der Waals surface area contributed by atoms with Crippen LogP contribution >= 0.6 is 0 Å². The maximum Gasteiger partial charge on any atom is 0.318 e. The van der Waals surface area contributed by atoms with E-state index in [2.05, 4.69) is 0 Å². The SMILES string of the molecule is COc1ccc2cc(C(C)C(=O)Oc3ccc(/C=C/c4cc(O)cc(O)c4)cc3)ccc2c1. The van der Waals surface area contributed by atoms with Crippen molar-refractivity contribution in [1.29, 1.82) is 0 Å². The summed E-state index contributed by atoms with van der Waals surface area (Å²) < 4.78 is 10.8. The zero-order valence-corrected chi connectivity index (χ0v) is 18.4. The zero-order valence-electron chi connectivity index (χ0n) is 18.4. The van der Waals surface area contributed by atoms with Gasteiger partial charge >= 0.3 is 5.97 Å². The number of phenols is 2. The van der Waals surface area contributed by atoms with Gasteiger partial charge in [0.15, 0.2) is 0 Å². The summed E-state index contributed by atoms with van der Waals surface area (Å²) in [5.41, 5.74) is 2.44. The third kappa shape index (κ3) is 5.33. The summed E-state index contributed by atoms with van der Waals surface area (Å²) >= 11 is 0. The number of hydrogen-bond donors (Lipinski definition) is 2. The molecule has 1 atom stereocenters. The molecule has 166 valence electrons. The molecule has 0 spiro atoms. The number of esters is 1. The van der Waals surface area contributed by atoms with Crippen LogP contribution in [0.1, 0.15) is 29.5 Å². The van der Waals surface area contributed by atoms with Crippen LogP contribution in [0.2, 0.25) is 0 Å². The van der Waals surface area contributed by atoms with Gasteiger partial charge in [-0.25, -0.2) is 0 Å². The molecule has 0 aliphatic carbocycles. The summed E-state index contributed by atoms with van der Waals surface area (Å²) in [6.07, 6.45) is 3.62. The Morgan fingerprint density at radius 3 is 2.06 bits per heavy atom. The first-order valence-corrected chi connectivity index (χ1v) is 10.5. The number of carbonyl (C=O) groups excluding carboxylic acids is 1. The normalized spacial score (nSPS) is 12.1. The molecule has 0 amide bonds. The highest BCUT2D eigenvalue weighted by molar-refractivity contribution is 5.87. The van der Waals surface area contributed by atoms with Crippen molar-refractivity contribution in [3.05, 3.63) is 95.6 Å². The second kappa shape index (κ2) is 9.49. The number of aromatic hydroxyl groups is 2. The predicted octanol–water partition coefficient (Wildman–Crippen LogP) is 6.14. The molecule has 4 aromatic rings. The second-order valence-electron chi connectivity index (χ2n) is 7.80. The first-order valence-electron chi connectivity index (χ1n) is 10.5. The number of ether oxygens (including phenoxy) is 2. The molecule has 4 rings (SSSR count). The van der Waals surface area contributed by atoms with Crippen LogP contribution in [0.4, 0.5) is 0 Å². The Hall–Kier alpha value is -4.25. The molecule has 0 saturated heterocycles. The zero-order chi connectivity index (χ0) is 23.4. The molecule has 0 aromatic heterocycles. The van der Waals surface area contributed by atoms with Crippen LogP contribution in [-0.4, -0.2) is 23.3 Å². The lowest BCUT2D eigenvalue weighted by atomic mass is 9.98. The minimum absolute atomic E-state index is 0.00262. The van der Waals surface area contributed by atoms with Gasteiger partial charge in [0.1, 0.15) is 23.0 Å². The number of rotatable bonds is 6. The average Bonchev–Trinajstić information content (AvgIpc) is 2.81. The van der Waals surface area contributed by atoms with Crippen LogP contribution in [-0.2, 0) is 4.79 Å². The Morgan fingerprint density at radius 2 is 1.36 bits per heavy atom. The Labute approximate surface area is 192 Å². The molecule has 0 saturated carbocycles. The molecular formula is C28H24O5. The van der Waals surface area contributed by atoms with Gasteiger partial charge in [-0.15, -0.1) is 0 Å². The molecule has 5 heteroatoms. The van der Waals surface area contributed by atoms with Crippen LogP contribution in [0.5, 0.6) is 23.0 Å². The van der Waals surface area contributed by atoms with Crippen LogP contribution in [0.25, 0.3) is 22.9 Å². The molecule has 0 aliphatic rings. The van der Waals surface area contributed by atoms with Crippen LogP contribution < -0.4 is 9.47 Å². The van der Waals surface area contributed by atoms with E-state index in [0.717, 1.165) is 27.6 Å². The Bertz CT molecular complexity index is 1300. The monoisotopic (exact) mass is 440 g/mol. The fourth-order valence-corrected chi connectivity index (χ4v) is 3.53. The summed E-state index contributed by atoms with van der Waals surface area (Å²) in [5.74, 6) is 0.496. The average molecular weight is 440 g/mol. The van der Waals surface area contributed by atoms with E-state index in [1.54, 1.807) is 37.5 Å². The lowest BCUT2D eigenvalue weighted by Crippen LogP contribution is -2.16. The van der Waals surface area contributed by atoms with Gasteiger partial charge in [-0.05, 0) is 70.8 Å². The molecule has 0 bridgehead atoms. The van der Waals surface area contributed by atoms with E-state index in [9.17, 15) is 15.0 Å². The molecule has 4 aromatic carbocycles. The third-order valence-electron chi connectivity index (χ3n) is 5.42. The van der Waals surface area contributed by atoms with E-state index in [0.29, 0.717) is 11.3 Å². The molecule has 33 heavy (non-hydrogen) atoms. The molecule has 5 nitrogen and oxygen atoms in total. The van der Waals surface area contributed by atoms with E-state index >= 15 is 0 Å². The Kier molecular flexibility index (Phi) is 6.31. The summed E-state index contributed by atoms with van der Waals surface area (Å²) in [6, 6.07) is 23.2. The summed E-state index contributed by atoms with van der Waals surface area (Å²) in [7, 11) is 1.64. The molecule has 2 N–H and O–H groups in total. The highest BCUT2D eigenvalue weighted by Crippen LogP contribution is 2.27. The highest BCUT2D eigenvalue weighted by atomic mass is 16.5. The van der Waals surface area contributed by atoms with Crippen molar-refractivity contribution in [2.24, 2.45) is 0 Å². The Morgan fingerprint density at radius 1 is 0.758 bits per heavy atom. The van der Waals surface area contributed by atoms with Gasteiger partial charge in [0, 0.05) is 6.07 Å². The minimum atomic E-state index is -0.422. The van der Waals surface area contributed by atoms with Crippen molar-refractivity contribution in [2.75, 3.05) is 7.11 Å². The van der Waals surface area contributed by atoms with Crippen LogP contribution in [0.3, 0.4) is 0 Å². The molecule has 1 unspecified atom stereocenters. The topological polar surface area (TPSA) is 76.0 Å². The first kappa shape index (κ1) is 22.0. The quantitative estimate of drug-likeness (QED) is 0.214. The predicted molar refractivity (Wildman–Crippen MR) is 130 cm³/mol. The van der Waals surface area contributed by atoms with Gasteiger partial charge in [-0.1, -0.05) is 48.6 Å². The minimum Gasteiger partial charge on any atom is -0.508 e. The highest BCUT2D eigenvalue weighted by Gasteiger charge is 2.18. The van der Waals surface area contributed by atoms with E-state index in [1.807, 2.05) is 61.5 Å². The standard InChI is InChI=1S/C28H24O5/c1-18(21-7-8-23-16-27(32-2)12-9-22(23)15-21)28(31)33-26-10-5-19(6-11-26)3-4-20-13-24(29)17-25(30)14-20/h3-18,29-30H,1-2H3/b4-3+. The fraction of sp³-hybridized carbons (Fsp3) is 0.107. The number of benzene rings is 4. The number of fused-ring (bicyclic) bond motifs is 1. The summed E-state index contributed by atoms with van der Waals surface area (Å²) in [4.78, 5) is 12.7. The lowest BCUT2D eigenvalue weighted by molar-refractivity contribution is -0.135. The fourth-order valence-electron chi connectivity index (χ4n) is 3.53. The summed E-state index contributed by atoms with van der Waals surface area (Å²) in [5, 5.41) is 21.2. The van der Waals surface area contributed by atoms with Crippen LogP contribution in [0.15, 0.2) is 78.9 Å². The van der Waals surface area contributed by atoms with Gasteiger partial charge < -0.3 is 19.7 Å². The summed E-state index contributed by atoms with van der Waals surface area (Å²) in [6.45, 7) is 1.83. The number of phenolic OH excluding ortho intramolecular Hbond substituents is 2. The number of carbonyl (C=O) groups is 1.